The fraction of sp³-hybridized carbons (Fsp3) is 0.0250. The Morgan fingerprint density at radius 1 is 0.857 bits per heavy atom. The number of rotatable bonds is 10. The van der Waals surface area contributed by atoms with Crippen LogP contribution in [-0.2, 0) is 11.4 Å². The van der Waals surface area contributed by atoms with E-state index in [1.807, 2.05) is 83.4 Å². The number of hydrogen-bond acceptors (Lipinski definition) is 7. The Labute approximate surface area is 282 Å². The molecule has 0 amide bonds. The first-order chi connectivity index (χ1) is 24.0. The first-order valence-electron chi connectivity index (χ1n) is 15.4. The van der Waals surface area contributed by atoms with Crippen LogP contribution in [0.25, 0.3) is 39.3 Å². The van der Waals surface area contributed by atoms with Crippen molar-refractivity contribution in [1.82, 2.24) is 14.4 Å². The van der Waals surface area contributed by atoms with E-state index in [0.29, 0.717) is 5.56 Å². The van der Waals surface area contributed by atoms with Gasteiger partial charge in [-0.25, -0.2) is 9.78 Å². The highest BCUT2D eigenvalue weighted by atomic mass is 16.6. The molecular weight excluding hydrogens is 612 g/mol. The lowest BCUT2D eigenvalue weighted by Crippen LogP contribution is -1.99. The lowest BCUT2D eigenvalue weighted by Gasteiger charge is -2.10. The van der Waals surface area contributed by atoms with Crippen LogP contribution < -0.4 is 5.32 Å². The summed E-state index contributed by atoms with van der Waals surface area (Å²) >= 11 is 0. The van der Waals surface area contributed by atoms with Gasteiger partial charge in [-0.2, -0.15) is 5.26 Å². The summed E-state index contributed by atoms with van der Waals surface area (Å²) in [6.07, 6.45) is 5.20. The maximum Gasteiger partial charge on any atom is 0.335 e. The predicted molar refractivity (Wildman–Crippen MR) is 190 cm³/mol. The van der Waals surface area contributed by atoms with Crippen molar-refractivity contribution in [2.24, 2.45) is 5.16 Å². The number of nitrogens with zero attached hydrogens (tertiary/aromatic N) is 5. The second-order valence-electron chi connectivity index (χ2n) is 11.2. The molecule has 0 aliphatic carbocycles. The van der Waals surface area contributed by atoms with Crippen LogP contribution >= 0.6 is 0 Å². The molecule has 0 aliphatic rings. The molecule has 49 heavy (non-hydrogen) atoms. The summed E-state index contributed by atoms with van der Waals surface area (Å²) in [5.74, 6) is -0.218. The number of nitrogens with one attached hydrogen (secondary N) is 1. The first kappa shape index (κ1) is 30.6. The lowest BCUT2D eigenvalue weighted by molar-refractivity contribution is 0.0697. The Bertz CT molecular complexity index is 2310. The molecule has 0 unspecified atom stereocenters. The fourth-order valence-corrected chi connectivity index (χ4v) is 5.35. The zero-order valence-corrected chi connectivity index (χ0v) is 26.1. The Morgan fingerprint density at radius 3 is 2.31 bits per heavy atom. The summed E-state index contributed by atoms with van der Waals surface area (Å²) < 4.78 is 1.99. The zero-order chi connectivity index (χ0) is 33.6. The molecule has 0 radical (unpaired) electrons. The molecule has 7 rings (SSSR count). The van der Waals surface area contributed by atoms with Gasteiger partial charge in [0.15, 0.2) is 0 Å². The topological polar surface area (TPSA) is 125 Å². The molecule has 0 spiro atoms. The van der Waals surface area contributed by atoms with E-state index >= 15 is 0 Å². The number of pyridine rings is 2. The van der Waals surface area contributed by atoms with Crippen molar-refractivity contribution in [3.63, 3.8) is 0 Å². The van der Waals surface area contributed by atoms with Crippen LogP contribution in [0.4, 0.5) is 11.5 Å². The summed E-state index contributed by atoms with van der Waals surface area (Å²) in [6.45, 7) is 0.288. The number of oxime groups is 1. The molecular formula is C40H28N6O3. The Morgan fingerprint density at radius 2 is 1.61 bits per heavy atom. The number of nitriles is 1. The highest BCUT2D eigenvalue weighted by Gasteiger charge is 2.16. The van der Waals surface area contributed by atoms with Crippen LogP contribution in [0.5, 0.6) is 0 Å². The summed E-state index contributed by atoms with van der Waals surface area (Å²) in [7, 11) is 0. The number of fused-ring (bicyclic) bond motifs is 1. The summed E-state index contributed by atoms with van der Waals surface area (Å²) in [5, 5.41) is 25.9. The largest absolute Gasteiger partial charge is 0.478 e. The fourth-order valence-electron chi connectivity index (χ4n) is 5.35. The van der Waals surface area contributed by atoms with Gasteiger partial charge < -0.3 is 15.3 Å². The summed E-state index contributed by atoms with van der Waals surface area (Å²) in [5.41, 5.74) is 9.60. The van der Waals surface area contributed by atoms with Gasteiger partial charge in [-0.1, -0.05) is 84.0 Å². The minimum atomic E-state index is -0.974. The van der Waals surface area contributed by atoms with Gasteiger partial charge in [-0.15, -0.1) is 0 Å². The Balaban J connectivity index is 1.08. The summed E-state index contributed by atoms with van der Waals surface area (Å²) in [4.78, 5) is 26.3. The van der Waals surface area contributed by atoms with Crippen molar-refractivity contribution >= 4 is 29.3 Å². The maximum absolute atomic E-state index is 11.4. The lowest BCUT2D eigenvalue weighted by atomic mass is 10.1. The van der Waals surface area contributed by atoms with Crippen molar-refractivity contribution in [3.8, 4) is 39.7 Å². The molecule has 4 aromatic carbocycles. The normalized spacial score (nSPS) is 11.0. The molecule has 236 valence electrons. The van der Waals surface area contributed by atoms with Crippen LogP contribution in [0, 0.1) is 11.3 Å². The van der Waals surface area contributed by atoms with Crippen molar-refractivity contribution in [1.29, 1.82) is 5.26 Å². The van der Waals surface area contributed by atoms with E-state index in [1.54, 1.807) is 42.7 Å². The minimum absolute atomic E-state index is 0.216. The van der Waals surface area contributed by atoms with E-state index < -0.39 is 5.97 Å². The minimum Gasteiger partial charge on any atom is -0.478 e. The molecule has 0 fully saturated rings. The molecule has 0 bridgehead atoms. The number of carboxylic acid groups (broad SMARTS) is 1. The number of benzene rings is 4. The number of carboxylic acids is 1. The average molecular weight is 641 g/mol. The predicted octanol–water partition coefficient (Wildman–Crippen LogP) is 8.59. The number of aromatic carboxylic acids is 1. The molecule has 9 heteroatoms. The number of imidazole rings is 1. The van der Waals surface area contributed by atoms with Gasteiger partial charge in [-0.3, -0.25) is 9.38 Å². The van der Waals surface area contributed by atoms with E-state index in [1.165, 1.54) is 0 Å². The first-order valence-corrected chi connectivity index (χ1v) is 15.4. The van der Waals surface area contributed by atoms with Crippen molar-refractivity contribution in [3.05, 3.63) is 162 Å². The van der Waals surface area contributed by atoms with E-state index in [2.05, 4.69) is 45.8 Å². The van der Waals surface area contributed by atoms with Crippen LogP contribution in [0.2, 0.25) is 0 Å². The maximum atomic E-state index is 11.4. The molecule has 0 saturated carbocycles. The quantitative estimate of drug-likeness (QED) is 0.113. The molecule has 3 heterocycles. The smallest absolute Gasteiger partial charge is 0.335 e. The Hall–Kier alpha value is -7.05. The standard InChI is InChI=1S/C40H28N6O3/c41-23-29-10-19-36(42-24-29)31-11-6-27(7-12-31)25-43-49-26-28-8-13-32(14-9-28)38-39(44-35-17-15-33(16-18-35)40(47)48)46-21-20-34(22-37(46)45-38)30-4-2-1-3-5-30/h1-22,24-25,44H,26H2,(H,47,48)/b43-25-. The number of anilines is 2. The molecule has 7 aromatic rings. The summed E-state index contributed by atoms with van der Waals surface area (Å²) in [6, 6.07) is 42.2. The van der Waals surface area contributed by atoms with Gasteiger partial charge >= 0.3 is 5.97 Å². The van der Waals surface area contributed by atoms with E-state index in [9.17, 15) is 9.90 Å². The van der Waals surface area contributed by atoms with E-state index in [0.717, 1.165) is 61.9 Å². The van der Waals surface area contributed by atoms with Gasteiger partial charge in [0.05, 0.1) is 23.0 Å². The molecule has 0 saturated heterocycles. The molecule has 3 aromatic heterocycles. The monoisotopic (exact) mass is 640 g/mol. The van der Waals surface area contributed by atoms with E-state index in [4.69, 9.17) is 15.1 Å². The molecule has 0 aliphatic heterocycles. The molecule has 9 nitrogen and oxygen atoms in total. The van der Waals surface area contributed by atoms with E-state index in [-0.39, 0.29) is 12.2 Å². The molecule has 2 N–H and O–H groups in total. The third-order valence-corrected chi connectivity index (χ3v) is 7.96. The number of hydrogen-bond donors (Lipinski definition) is 2. The SMILES string of the molecule is N#Cc1ccc(-c2ccc(/C=N\OCc3ccc(-c4nc5cc(-c6ccccc6)ccn5c4Nc4ccc(C(=O)O)cc4)cc3)cc2)nc1. The highest BCUT2D eigenvalue weighted by molar-refractivity contribution is 5.88. The van der Waals surface area contributed by atoms with Crippen molar-refractivity contribution in [2.45, 2.75) is 6.61 Å². The van der Waals surface area contributed by atoms with Crippen LogP contribution in [0.3, 0.4) is 0 Å². The van der Waals surface area contributed by atoms with Gasteiger partial charge in [0.1, 0.15) is 29.8 Å². The van der Waals surface area contributed by atoms with Gasteiger partial charge in [0, 0.05) is 29.2 Å². The highest BCUT2D eigenvalue weighted by Crippen LogP contribution is 2.33. The third kappa shape index (κ3) is 6.89. The Kier molecular flexibility index (Phi) is 8.58. The number of aromatic nitrogens is 3. The van der Waals surface area contributed by atoms with Crippen LogP contribution in [0.15, 0.2) is 145 Å². The average Bonchev–Trinajstić information content (AvgIpc) is 3.51. The molecule has 0 atom stereocenters. The zero-order valence-electron chi connectivity index (χ0n) is 26.1. The van der Waals surface area contributed by atoms with Gasteiger partial charge in [-0.05, 0) is 70.8 Å². The third-order valence-electron chi connectivity index (χ3n) is 7.96. The van der Waals surface area contributed by atoms with Crippen LogP contribution in [-0.4, -0.2) is 31.7 Å². The second kappa shape index (κ2) is 13.7. The second-order valence-corrected chi connectivity index (χ2v) is 11.2. The number of carbonyl (C=O) groups is 1. The van der Waals surface area contributed by atoms with Crippen molar-refractivity contribution < 1.29 is 14.7 Å². The van der Waals surface area contributed by atoms with Gasteiger partial charge in [0.25, 0.3) is 0 Å². The van der Waals surface area contributed by atoms with Gasteiger partial charge in [0.2, 0.25) is 0 Å². The van der Waals surface area contributed by atoms with Crippen molar-refractivity contribution in [2.75, 3.05) is 5.32 Å². The van der Waals surface area contributed by atoms with Crippen LogP contribution in [0.1, 0.15) is 27.0 Å².